The van der Waals surface area contributed by atoms with Gasteiger partial charge in [-0.15, -0.1) is 0 Å². The van der Waals surface area contributed by atoms with Gasteiger partial charge in [0.2, 0.25) is 0 Å². The molecule has 0 atom stereocenters. The fourth-order valence-electron chi connectivity index (χ4n) is 2.81. The van der Waals surface area contributed by atoms with Crippen molar-refractivity contribution < 1.29 is 19.0 Å². The molecule has 0 aliphatic carbocycles. The van der Waals surface area contributed by atoms with E-state index in [1.54, 1.807) is 31.6 Å². The van der Waals surface area contributed by atoms with Crippen LogP contribution in [0.5, 0.6) is 17.2 Å². The number of carbonyl (C=O) groups is 1. The molecule has 0 saturated heterocycles. The minimum atomic E-state index is -0.158. The average molecular weight is 406 g/mol. The standard InChI is InChI=1S/C24H26N2O4/c1-3-13-29-21-6-4-5-20(15-21)24(27)26-16-19-7-8-22(23(14-19)28-2)30-17-18-9-11-25-12-10-18/h4-12,14-15H,3,13,16-17H2,1-2H3,(H,26,27). The molecular formula is C24H26N2O4. The van der Waals surface area contributed by atoms with Crippen LogP contribution in [0.2, 0.25) is 0 Å². The van der Waals surface area contributed by atoms with Crippen LogP contribution in [0.15, 0.2) is 67.0 Å². The largest absolute Gasteiger partial charge is 0.494 e. The molecule has 6 heteroatoms. The van der Waals surface area contributed by atoms with Crippen LogP contribution in [-0.2, 0) is 13.2 Å². The quantitative estimate of drug-likeness (QED) is 0.541. The van der Waals surface area contributed by atoms with E-state index in [0.717, 1.165) is 17.5 Å². The summed E-state index contributed by atoms with van der Waals surface area (Å²) in [6.45, 7) is 3.46. The van der Waals surface area contributed by atoms with Gasteiger partial charge in [-0.3, -0.25) is 9.78 Å². The molecule has 0 aliphatic rings. The van der Waals surface area contributed by atoms with Crippen molar-refractivity contribution in [2.24, 2.45) is 0 Å². The second-order valence-corrected chi connectivity index (χ2v) is 6.69. The van der Waals surface area contributed by atoms with E-state index in [1.807, 2.05) is 49.4 Å². The second kappa shape index (κ2) is 10.9. The Labute approximate surface area is 176 Å². The smallest absolute Gasteiger partial charge is 0.251 e. The number of hydrogen-bond acceptors (Lipinski definition) is 5. The fourth-order valence-corrected chi connectivity index (χ4v) is 2.81. The monoisotopic (exact) mass is 406 g/mol. The highest BCUT2D eigenvalue weighted by Crippen LogP contribution is 2.29. The maximum Gasteiger partial charge on any atom is 0.251 e. The third-order valence-electron chi connectivity index (χ3n) is 4.39. The first kappa shape index (κ1) is 21.2. The van der Waals surface area contributed by atoms with Gasteiger partial charge in [-0.1, -0.05) is 19.1 Å². The number of benzene rings is 2. The molecule has 0 bridgehead atoms. The molecule has 156 valence electrons. The summed E-state index contributed by atoms with van der Waals surface area (Å²) in [5, 5.41) is 2.93. The number of aromatic nitrogens is 1. The number of amides is 1. The Bertz CT molecular complexity index is 960. The lowest BCUT2D eigenvalue weighted by Gasteiger charge is -2.13. The molecule has 0 saturated carbocycles. The van der Waals surface area contributed by atoms with Gasteiger partial charge in [0.25, 0.3) is 5.91 Å². The molecule has 1 heterocycles. The molecule has 3 rings (SSSR count). The van der Waals surface area contributed by atoms with Gasteiger partial charge >= 0.3 is 0 Å². The van der Waals surface area contributed by atoms with Crippen LogP contribution >= 0.6 is 0 Å². The van der Waals surface area contributed by atoms with Gasteiger partial charge in [-0.25, -0.2) is 0 Å². The average Bonchev–Trinajstić information content (AvgIpc) is 2.80. The van der Waals surface area contributed by atoms with Crippen molar-refractivity contribution in [3.05, 3.63) is 83.7 Å². The zero-order valence-electron chi connectivity index (χ0n) is 17.3. The van der Waals surface area contributed by atoms with E-state index in [2.05, 4.69) is 10.3 Å². The summed E-state index contributed by atoms with van der Waals surface area (Å²) < 4.78 is 16.9. The molecule has 0 aliphatic heterocycles. The maximum absolute atomic E-state index is 12.5. The van der Waals surface area contributed by atoms with Gasteiger partial charge in [0.1, 0.15) is 12.4 Å². The molecule has 0 spiro atoms. The number of rotatable bonds is 10. The van der Waals surface area contributed by atoms with Crippen molar-refractivity contribution in [1.82, 2.24) is 10.3 Å². The normalized spacial score (nSPS) is 10.3. The number of nitrogens with zero attached hydrogens (tertiary/aromatic N) is 1. The van der Waals surface area contributed by atoms with Gasteiger partial charge < -0.3 is 19.5 Å². The number of nitrogens with one attached hydrogen (secondary N) is 1. The second-order valence-electron chi connectivity index (χ2n) is 6.69. The van der Waals surface area contributed by atoms with Crippen molar-refractivity contribution in [2.45, 2.75) is 26.5 Å². The molecule has 1 amide bonds. The lowest BCUT2D eigenvalue weighted by molar-refractivity contribution is 0.0950. The molecule has 1 aromatic heterocycles. The van der Waals surface area contributed by atoms with Gasteiger partial charge in [-0.2, -0.15) is 0 Å². The molecule has 1 N–H and O–H groups in total. The number of hydrogen-bond donors (Lipinski definition) is 1. The summed E-state index contributed by atoms with van der Waals surface area (Å²) in [5.74, 6) is 1.80. The van der Waals surface area contributed by atoms with Crippen LogP contribution in [0.25, 0.3) is 0 Å². The third-order valence-corrected chi connectivity index (χ3v) is 4.39. The highest BCUT2D eigenvalue weighted by Gasteiger charge is 2.10. The number of ether oxygens (including phenoxy) is 3. The van der Waals surface area contributed by atoms with Crippen molar-refractivity contribution in [2.75, 3.05) is 13.7 Å². The maximum atomic E-state index is 12.5. The molecular weight excluding hydrogens is 380 g/mol. The van der Waals surface area contributed by atoms with Crippen LogP contribution in [0.1, 0.15) is 34.8 Å². The topological polar surface area (TPSA) is 69.7 Å². The van der Waals surface area contributed by atoms with Crippen molar-refractivity contribution in [3.8, 4) is 17.2 Å². The van der Waals surface area contributed by atoms with E-state index < -0.39 is 0 Å². The van der Waals surface area contributed by atoms with E-state index in [-0.39, 0.29) is 5.91 Å². The molecule has 0 unspecified atom stereocenters. The Hall–Kier alpha value is -3.54. The van der Waals surface area contributed by atoms with Crippen molar-refractivity contribution in [1.29, 1.82) is 0 Å². The van der Waals surface area contributed by atoms with Gasteiger partial charge in [-0.05, 0) is 60.0 Å². The van der Waals surface area contributed by atoms with Gasteiger partial charge in [0.05, 0.1) is 13.7 Å². The highest BCUT2D eigenvalue weighted by molar-refractivity contribution is 5.94. The number of methoxy groups -OCH3 is 1. The molecule has 0 fully saturated rings. The summed E-state index contributed by atoms with van der Waals surface area (Å²) in [4.78, 5) is 16.5. The lowest BCUT2D eigenvalue weighted by atomic mass is 10.1. The Morgan fingerprint density at radius 2 is 1.80 bits per heavy atom. The van der Waals surface area contributed by atoms with Crippen LogP contribution in [0.3, 0.4) is 0 Å². The lowest BCUT2D eigenvalue weighted by Crippen LogP contribution is -2.22. The molecule has 3 aromatic rings. The van der Waals surface area contributed by atoms with E-state index in [4.69, 9.17) is 14.2 Å². The van der Waals surface area contributed by atoms with Gasteiger partial charge in [0.15, 0.2) is 11.5 Å². The Morgan fingerprint density at radius 1 is 0.967 bits per heavy atom. The predicted molar refractivity (Wildman–Crippen MR) is 115 cm³/mol. The van der Waals surface area contributed by atoms with Gasteiger partial charge in [0, 0.05) is 24.5 Å². The zero-order chi connectivity index (χ0) is 21.2. The molecule has 30 heavy (non-hydrogen) atoms. The van der Waals surface area contributed by atoms with Crippen molar-refractivity contribution in [3.63, 3.8) is 0 Å². The summed E-state index contributed by atoms with van der Waals surface area (Å²) in [7, 11) is 1.60. The Kier molecular flexibility index (Phi) is 7.66. The minimum Gasteiger partial charge on any atom is -0.494 e. The van der Waals surface area contributed by atoms with E-state index in [0.29, 0.717) is 42.6 Å². The predicted octanol–water partition coefficient (Wildman–Crippen LogP) is 4.39. The first-order chi connectivity index (χ1) is 14.7. The SMILES string of the molecule is CCCOc1cccc(C(=O)NCc2ccc(OCc3ccncc3)c(OC)c2)c1. The summed E-state index contributed by atoms with van der Waals surface area (Å²) >= 11 is 0. The van der Waals surface area contributed by atoms with E-state index >= 15 is 0 Å². The highest BCUT2D eigenvalue weighted by atomic mass is 16.5. The third kappa shape index (κ3) is 5.98. The number of carbonyl (C=O) groups excluding carboxylic acids is 1. The van der Waals surface area contributed by atoms with Crippen LogP contribution in [-0.4, -0.2) is 24.6 Å². The molecule has 2 aromatic carbocycles. The minimum absolute atomic E-state index is 0.158. The number of pyridine rings is 1. The summed E-state index contributed by atoms with van der Waals surface area (Å²) in [6, 6.07) is 16.6. The van der Waals surface area contributed by atoms with Crippen LogP contribution in [0, 0.1) is 0 Å². The van der Waals surface area contributed by atoms with Crippen LogP contribution in [0.4, 0.5) is 0 Å². The summed E-state index contributed by atoms with van der Waals surface area (Å²) in [5.41, 5.74) is 2.50. The Morgan fingerprint density at radius 3 is 2.57 bits per heavy atom. The van der Waals surface area contributed by atoms with E-state index in [1.165, 1.54) is 0 Å². The first-order valence-electron chi connectivity index (χ1n) is 9.89. The molecule has 0 radical (unpaired) electrons. The zero-order valence-corrected chi connectivity index (χ0v) is 17.3. The fraction of sp³-hybridized carbons (Fsp3) is 0.250. The Balaban J connectivity index is 1.59. The van der Waals surface area contributed by atoms with E-state index in [9.17, 15) is 4.79 Å². The van der Waals surface area contributed by atoms with Crippen LogP contribution < -0.4 is 19.5 Å². The summed E-state index contributed by atoms with van der Waals surface area (Å²) in [6.07, 6.45) is 4.38. The first-order valence-corrected chi connectivity index (χ1v) is 9.89. The molecule has 6 nitrogen and oxygen atoms in total. The van der Waals surface area contributed by atoms with Crippen molar-refractivity contribution >= 4 is 5.91 Å².